The minimum absolute atomic E-state index is 0.752. The van der Waals surface area contributed by atoms with Crippen LogP contribution in [0.5, 0.6) is 0 Å². The maximum atomic E-state index is 4.43. The highest BCUT2D eigenvalue weighted by Crippen LogP contribution is 2.25. The Kier molecular flexibility index (Phi) is 28.0. The minimum atomic E-state index is 0.752. The Morgan fingerprint density at radius 3 is 1.46 bits per heavy atom. The van der Waals surface area contributed by atoms with E-state index in [0.29, 0.717) is 0 Å². The molecule has 0 fully saturated rings. The van der Waals surface area contributed by atoms with Crippen molar-refractivity contribution >= 4 is 0 Å². The van der Waals surface area contributed by atoms with Crippen LogP contribution in [0.2, 0.25) is 0 Å². The number of unbranched alkanes of at least 4 members (excludes halogenated alkanes) is 15. The van der Waals surface area contributed by atoms with E-state index in [1.807, 2.05) is 0 Å². The monoisotopic (exact) mass is 492 g/mol. The second-order valence-electron chi connectivity index (χ2n) is 11.7. The van der Waals surface area contributed by atoms with Crippen molar-refractivity contribution in [1.29, 1.82) is 0 Å². The maximum absolute atomic E-state index is 4.43. The zero-order valence-electron chi connectivity index (χ0n) is 25.2. The van der Waals surface area contributed by atoms with Crippen LogP contribution in [0.3, 0.4) is 0 Å². The molecule has 1 heteroatoms. The van der Waals surface area contributed by atoms with E-state index in [0.717, 1.165) is 12.0 Å². The molecule has 1 N–H and O–H groups in total. The van der Waals surface area contributed by atoms with Gasteiger partial charge < -0.3 is 5.32 Å². The first kappa shape index (κ1) is 34.7. The lowest BCUT2D eigenvalue weighted by molar-refractivity contribution is 0.386. The third kappa shape index (κ3) is 25.1. The van der Waals surface area contributed by atoms with Crippen molar-refractivity contribution in [2.24, 2.45) is 5.92 Å². The van der Waals surface area contributed by atoms with Crippen molar-refractivity contribution in [2.45, 2.75) is 194 Å². The number of rotatable bonds is 29. The molecule has 0 saturated carbocycles. The highest BCUT2D eigenvalue weighted by Gasteiger charge is 2.09. The van der Waals surface area contributed by atoms with Crippen molar-refractivity contribution in [3.8, 4) is 0 Å². The Bertz CT molecular complexity index is 415. The third-order valence-electron chi connectivity index (χ3n) is 8.24. The topological polar surface area (TPSA) is 12.0 Å². The van der Waals surface area contributed by atoms with Gasteiger partial charge in [0.15, 0.2) is 0 Å². The van der Waals surface area contributed by atoms with E-state index < -0.39 is 0 Å². The summed E-state index contributed by atoms with van der Waals surface area (Å²) < 4.78 is 0. The van der Waals surface area contributed by atoms with Crippen LogP contribution in [-0.4, -0.2) is 13.1 Å². The van der Waals surface area contributed by atoms with Gasteiger partial charge in [0.1, 0.15) is 0 Å². The molecule has 35 heavy (non-hydrogen) atoms. The molecule has 0 aromatic carbocycles. The summed E-state index contributed by atoms with van der Waals surface area (Å²) in [6.07, 6.45) is 36.5. The Morgan fingerprint density at radius 2 is 0.914 bits per heavy atom. The Hall–Kier alpha value is -0.300. The first-order valence-electron chi connectivity index (χ1n) is 16.5. The first-order valence-corrected chi connectivity index (χ1v) is 16.5. The van der Waals surface area contributed by atoms with E-state index in [4.69, 9.17) is 0 Å². The average Bonchev–Trinajstić information content (AvgIpc) is 2.87. The lowest BCUT2D eigenvalue weighted by Gasteiger charge is -2.17. The van der Waals surface area contributed by atoms with Crippen molar-refractivity contribution < 1.29 is 0 Å². The van der Waals surface area contributed by atoms with Gasteiger partial charge in [-0.25, -0.2) is 0 Å². The van der Waals surface area contributed by atoms with Gasteiger partial charge in [-0.1, -0.05) is 161 Å². The summed E-state index contributed by atoms with van der Waals surface area (Å²) in [4.78, 5) is 0. The molecule has 0 rings (SSSR count). The summed E-state index contributed by atoms with van der Waals surface area (Å²) in [5.74, 6) is 0.954. The first-order chi connectivity index (χ1) is 17.2. The molecule has 0 bridgehead atoms. The lowest BCUT2D eigenvalue weighted by Crippen LogP contribution is -2.24. The standard InChI is InChI=1S/C34H69N/c1-6-9-12-14-15-19-23-28-34(35-5)29-24-20-17-16-18-21-25-32(4)30-31-33(26-11-8-3)27-22-13-10-7-2/h33-35H,4,6-31H2,1-3,5H3. The molecule has 0 saturated heterocycles. The molecule has 2 atom stereocenters. The highest BCUT2D eigenvalue weighted by atomic mass is 14.9. The number of hydrogen-bond donors (Lipinski definition) is 1. The molecule has 2 unspecified atom stereocenters. The highest BCUT2D eigenvalue weighted by molar-refractivity contribution is 4.94. The third-order valence-corrected chi connectivity index (χ3v) is 8.24. The van der Waals surface area contributed by atoms with Crippen LogP contribution >= 0.6 is 0 Å². The summed E-state index contributed by atoms with van der Waals surface area (Å²) in [6.45, 7) is 11.4. The molecule has 1 nitrogen and oxygen atoms in total. The number of hydrogen-bond acceptors (Lipinski definition) is 1. The SMILES string of the molecule is C=C(CCCCCCCCC(CCCCCCCCC)NC)CCC(CCCC)CCCCCC. The van der Waals surface area contributed by atoms with Gasteiger partial charge in [0.05, 0.1) is 0 Å². The zero-order chi connectivity index (χ0) is 25.8. The quantitative estimate of drug-likeness (QED) is 0.0810. The summed E-state index contributed by atoms with van der Waals surface area (Å²) in [7, 11) is 2.16. The van der Waals surface area contributed by atoms with Crippen LogP contribution in [-0.2, 0) is 0 Å². The fourth-order valence-corrected chi connectivity index (χ4v) is 5.57. The Labute approximate surface area is 224 Å². The van der Waals surface area contributed by atoms with Gasteiger partial charge in [0, 0.05) is 6.04 Å². The minimum Gasteiger partial charge on any atom is -0.317 e. The second-order valence-corrected chi connectivity index (χ2v) is 11.7. The number of nitrogens with one attached hydrogen (secondary N) is 1. The van der Waals surface area contributed by atoms with Gasteiger partial charge in [0.25, 0.3) is 0 Å². The summed E-state index contributed by atoms with van der Waals surface area (Å²) in [5.41, 5.74) is 1.53. The van der Waals surface area contributed by atoms with Gasteiger partial charge in [-0.3, -0.25) is 0 Å². The van der Waals surface area contributed by atoms with E-state index in [9.17, 15) is 0 Å². The summed E-state index contributed by atoms with van der Waals surface area (Å²) in [6, 6.07) is 0.752. The zero-order valence-corrected chi connectivity index (χ0v) is 25.2. The smallest absolute Gasteiger partial charge is 0.00640 e. The predicted octanol–water partition coefficient (Wildman–Crippen LogP) is 11.9. The summed E-state index contributed by atoms with van der Waals surface area (Å²) >= 11 is 0. The van der Waals surface area contributed by atoms with Gasteiger partial charge in [-0.2, -0.15) is 0 Å². The van der Waals surface area contributed by atoms with E-state index in [1.165, 1.54) is 173 Å². The van der Waals surface area contributed by atoms with Gasteiger partial charge in [0.2, 0.25) is 0 Å². The maximum Gasteiger partial charge on any atom is 0.00640 e. The molecule has 0 aromatic heterocycles. The molecule has 0 aliphatic rings. The van der Waals surface area contributed by atoms with E-state index in [1.54, 1.807) is 0 Å². The van der Waals surface area contributed by atoms with Crippen molar-refractivity contribution in [2.75, 3.05) is 7.05 Å². The van der Waals surface area contributed by atoms with Crippen LogP contribution in [0.25, 0.3) is 0 Å². The lowest BCUT2D eigenvalue weighted by atomic mass is 9.89. The van der Waals surface area contributed by atoms with Crippen LogP contribution < -0.4 is 5.32 Å². The van der Waals surface area contributed by atoms with Gasteiger partial charge >= 0.3 is 0 Å². The van der Waals surface area contributed by atoms with Crippen molar-refractivity contribution in [3.63, 3.8) is 0 Å². The fourth-order valence-electron chi connectivity index (χ4n) is 5.57. The molecule has 0 radical (unpaired) electrons. The van der Waals surface area contributed by atoms with Gasteiger partial charge in [-0.05, 0) is 51.5 Å². The molecule has 0 aliphatic heterocycles. The van der Waals surface area contributed by atoms with Crippen LogP contribution in [0.4, 0.5) is 0 Å². The largest absolute Gasteiger partial charge is 0.317 e. The van der Waals surface area contributed by atoms with Crippen LogP contribution in [0.15, 0.2) is 12.2 Å². The molecular formula is C34H69N. The molecular weight excluding hydrogens is 422 g/mol. The molecule has 0 aromatic rings. The second kappa shape index (κ2) is 28.3. The average molecular weight is 492 g/mol. The number of allylic oxidation sites excluding steroid dienone is 1. The predicted molar refractivity (Wildman–Crippen MR) is 163 cm³/mol. The fraction of sp³-hybridized carbons (Fsp3) is 0.941. The molecule has 0 aliphatic carbocycles. The van der Waals surface area contributed by atoms with E-state index in [-0.39, 0.29) is 0 Å². The summed E-state index contributed by atoms with van der Waals surface area (Å²) in [5, 5.41) is 3.57. The van der Waals surface area contributed by atoms with E-state index in [2.05, 4.69) is 39.7 Å². The molecule has 0 heterocycles. The van der Waals surface area contributed by atoms with E-state index >= 15 is 0 Å². The molecule has 0 amide bonds. The molecule has 210 valence electrons. The van der Waals surface area contributed by atoms with Crippen LogP contribution in [0.1, 0.15) is 188 Å². The normalized spacial score (nSPS) is 13.3. The van der Waals surface area contributed by atoms with Crippen molar-refractivity contribution in [3.05, 3.63) is 12.2 Å². The Morgan fingerprint density at radius 1 is 0.486 bits per heavy atom. The molecule has 0 spiro atoms. The van der Waals surface area contributed by atoms with Crippen molar-refractivity contribution in [1.82, 2.24) is 5.32 Å². The van der Waals surface area contributed by atoms with Crippen LogP contribution in [0, 0.1) is 5.92 Å². The Balaban J connectivity index is 3.66. The van der Waals surface area contributed by atoms with Gasteiger partial charge in [-0.15, -0.1) is 0 Å².